The second-order valence-corrected chi connectivity index (χ2v) is 6.45. The Morgan fingerprint density at radius 1 is 1.00 bits per heavy atom. The molecule has 22 heavy (non-hydrogen) atoms. The first-order valence-corrected chi connectivity index (χ1v) is 8.88. The summed E-state index contributed by atoms with van der Waals surface area (Å²) >= 11 is 3.31. The highest BCUT2D eigenvalue weighted by molar-refractivity contribution is 7.98. The molecule has 0 radical (unpaired) electrons. The molecule has 0 N–H and O–H groups in total. The van der Waals surface area contributed by atoms with Crippen molar-refractivity contribution in [1.29, 1.82) is 0 Å². The highest BCUT2D eigenvalue weighted by atomic mass is 32.2. The van der Waals surface area contributed by atoms with Crippen LogP contribution < -0.4 is 0 Å². The molecular formula is C18H14FNS2. The van der Waals surface area contributed by atoms with Crippen LogP contribution in [0.25, 0.3) is 23.4 Å². The van der Waals surface area contributed by atoms with Crippen LogP contribution in [0.2, 0.25) is 0 Å². The highest BCUT2D eigenvalue weighted by Crippen LogP contribution is 2.23. The van der Waals surface area contributed by atoms with Gasteiger partial charge in [0.2, 0.25) is 0 Å². The van der Waals surface area contributed by atoms with Crippen molar-refractivity contribution in [2.45, 2.75) is 4.90 Å². The molecular weight excluding hydrogens is 313 g/mol. The minimum Gasteiger partial charge on any atom is -0.237 e. The van der Waals surface area contributed by atoms with E-state index in [9.17, 15) is 4.39 Å². The number of nitrogens with zero attached hydrogens (tertiary/aromatic N) is 1. The normalized spacial score (nSPS) is 11.2. The number of hydrogen-bond donors (Lipinski definition) is 0. The SMILES string of the molecule is CSc1ccc(/C=C/c2nc(-c3ccc(F)cc3)cs2)cc1. The molecule has 1 nitrogen and oxygen atoms in total. The lowest BCUT2D eigenvalue weighted by Crippen LogP contribution is -1.79. The standard InChI is InChI=1S/C18H14FNS2/c1-21-16-9-2-13(3-10-16)4-11-18-20-17(12-22-18)14-5-7-15(19)8-6-14/h2-12H,1H3/b11-4+. The molecule has 0 saturated heterocycles. The summed E-state index contributed by atoms with van der Waals surface area (Å²) in [6.07, 6.45) is 6.13. The lowest BCUT2D eigenvalue weighted by molar-refractivity contribution is 0.628. The molecule has 0 fully saturated rings. The van der Waals surface area contributed by atoms with Crippen molar-refractivity contribution in [3.05, 3.63) is 70.3 Å². The van der Waals surface area contributed by atoms with Gasteiger partial charge in [-0.15, -0.1) is 23.1 Å². The maximum Gasteiger partial charge on any atom is 0.123 e. The largest absolute Gasteiger partial charge is 0.237 e. The van der Waals surface area contributed by atoms with Crippen LogP contribution in [-0.2, 0) is 0 Å². The van der Waals surface area contributed by atoms with Crippen molar-refractivity contribution in [1.82, 2.24) is 4.98 Å². The maximum absolute atomic E-state index is 12.9. The van der Waals surface area contributed by atoms with Crippen LogP contribution in [-0.4, -0.2) is 11.2 Å². The summed E-state index contributed by atoms with van der Waals surface area (Å²) in [5.74, 6) is -0.229. The molecule has 0 unspecified atom stereocenters. The quantitative estimate of drug-likeness (QED) is 0.558. The van der Waals surface area contributed by atoms with Crippen LogP contribution in [0.3, 0.4) is 0 Å². The van der Waals surface area contributed by atoms with Gasteiger partial charge in [0, 0.05) is 15.8 Å². The molecule has 0 atom stereocenters. The molecule has 2 aromatic carbocycles. The molecule has 1 aromatic heterocycles. The fraction of sp³-hybridized carbons (Fsp3) is 0.0556. The molecule has 0 bridgehead atoms. The van der Waals surface area contributed by atoms with E-state index in [0.717, 1.165) is 21.8 Å². The van der Waals surface area contributed by atoms with Crippen LogP contribution >= 0.6 is 23.1 Å². The first-order valence-electron chi connectivity index (χ1n) is 6.78. The molecule has 3 rings (SSSR count). The predicted octanol–water partition coefficient (Wildman–Crippen LogP) is 5.84. The Hall–Kier alpha value is -1.91. The minimum absolute atomic E-state index is 0.229. The third kappa shape index (κ3) is 3.64. The average Bonchev–Trinajstić information content (AvgIpc) is 3.03. The Labute approximate surface area is 137 Å². The van der Waals surface area contributed by atoms with Gasteiger partial charge in [-0.05, 0) is 54.3 Å². The third-order valence-electron chi connectivity index (χ3n) is 3.20. The summed E-state index contributed by atoms with van der Waals surface area (Å²) in [6, 6.07) is 14.8. The zero-order valence-electron chi connectivity index (χ0n) is 12.0. The Morgan fingerprint density at radius 2 is 1.73 bits per heavy atom. The van der Waals surface area contributed by atoms with Crippen LogP contribution in [0.1, 0.15) is 10.6 Å². The summed E-state index contributed by atoms with van der Waals surface area (Å²) in [5, 5.41) is 2.93. The van der Waals surface area contributed by atoms with Crippen molar-refractivity contribution in [3.8, 4) is 11.3 Å². The van der Waals surface area contributed by atoms with E-state index in [1.807, 2.05) is 11.5 Å². The molecule has 110 valence electrons. The second-order valence-electron chi connectivity index (χ2n) is 4.68. The van der Waals surface area contributed by atoms with E-state index in [-0.39, 0.29) is 5.82 Å². The van der Waals surface area contributed by atoms with Crippen LogP contribution in [0, 0.1) is 5.82 Å². The molecule has 0 saturated carbocycles. The van der Waals surface area contributed by atoms with Crippen molar-refractivity contribution in [2.24, 2.45) is 0 Å². The number of rotatable bonds is 4. The number of thiazole rings is 1. The van der Waals surface area contributed by atoms with Gasteiger partial charge in [0.15, 0.2) is 0 Å². The average molecular weight is 327 g/mol. The zero-order chi connectivity index (χ0) is 15.4. The smallest absolute Gasteiger partial charge is 0.123 e. The molecule has 0 aliphatic rings. The van der Waals surface area contributed by atoms with Crippen molar-refractivity contribution >= 4 is 35.3 Å². The lowest BCUT2D eigenvalue weighted by Gasteiger charge is -1.96. The number of aromatic nitrogens is 1. The van der Waals surface area contributed by atoms with Crippen molar-refractivity contribution < 1.29 is 4.39 Å². The molecule has 1 heterocycles. The summed E-state index contributed by atoms with van der Waals surface area (Å²) in [4.78, 5) is 5.82. The summed E-state index contributed by atoms with van der Waals surface area (Å²) < 4.78 is 12.9. The zero-order valence-corrected chi connectivity index (χ0v) is 13.6. The van der Waals surface area contributed by atoms with E-state index in [1.54, 1.807) is 35.2 Å². The molecule has 0 spiro atoms. The van der Waals surface area contributed by atoms with Gasteiger partial charge in [0.25, 0.3) is 0 Å². The fourth-order valence-electron chi connectivity index (χ4n) is 2.00. The Morgan fingerprint density at radius 3 is 2.41 bits per heavy atom. The first kappa shape index (κ1) is 15.0. The van der Waals surface area contributed by atoms with Gasteiger partial charge in [0.05, 0.1) is 5.69 Å². The molecule has 4 heteroatoms. The molecule has 0 amide bonds. The lowest BCUT2D eigenvalue weighted by atomic mass is 10.2. The first-order chi connectivity index (χ1) is 10.7. The van der Waals surface area contributed by atoms with Gasteiger partial charge in [-0.25, -0.2) is 9.37 Å². The highest BCUT2D eigenvalue weighted by Gasteiger charge is 2.02. The minimum atomic E-state index is -0.229. The van der Waals surface area contributed by atoms with Gasteiger partial charge in [-0.2, -0.15) is 0 Å². The number of halogens is 1. The van der Waals surface area contributed by atoms with E-state index in [4.69, 9.17) is 0 Å². The van der Waals surface area contributed by atoms with Gasteiger partial charge >= 0.3 is 0 Å². The Bertz CT molecular complexity index is 774. The van der Waals surface area contributed by atoms with Crippen molar-refractivity contribution in [2.75, 3.05) is 6.26 Å². The monoisotopic (exact) mass is 327 g/mol. The van der Waals surface area contributed by atoms with Gasteiger partial charge in [-0.3, -0.25) is 0 Å². The second kappa shape index (κ2) is 6.90. The van der Waals surface area contributed by atoms with Gasteiger partial charge in [0.1, 0.15) is 10.8 Å². The maximum atomic E-state index is 12.9. The Kier molecular flexibility index (Phi) is 4.71. The predicted molar refractivity (Wildman–Crippen MR) is 94.7 cm³/mol. The third-order valence-corrected chi connectivity index (χ3v) is 4.75. The van der Waals surface area contributed by atoms with Gasteiger partial charge < -0.3 is 0 Å². The fourth-order valence-corrected chi connectivity index (χ4v) is 3.13. The van der Waals surface area contributed by atoms with E-state index in [1.165, 1.54) is 17.0 Å². The van der Waals surface area contributed by atoms with E-state index >= 15 is 0 Å². The molecule has 3 aromatic rings. The van der Waals surface area contributed by atoms with Gasteiger partial charge in [-0.1, -0.05) is 18.2 Å². The van der Waals surface area contributed by atoms with Crippen LogP contribution in [0.4, 0.5) is 4.39 Å². The summed E-state index contributed by atoms with van der Waals surface area (Å²) in [5.41, 5.74) is 2.96. The van der Waals surface area contributed by atoms with E-state index in [2.05, 4.69) is 41.6 Å². The topological polar surface area (TPSA) is 12.9 Å². The van der Waals surface area contributed by atoms with Crippen molar-refractivity contribution in [3.63, 3.8) is 0 Å². The number of thioether (sulfide) groups is 1. The van der Waals surface area contributed by atoms with E-state index in [0.29, 0.717) is 0 Å². The molecule has 0 aliphatic heterocycles. The number of benzene rings is 2. The van der Waals surface area contributed by atoms with Crippen LogP contribution in [0.15, 0.2) is 58.8 Å². The Balaban J connectivity index is 1.75. The molecule has 0 aliphatic carbocycles. The summed E-state index contributed by atoms with van der Waals surface area (Å²) in [6.45, 7) is 0. The van der Waals surface area contributed by atoms with E-state index < -0.39 is 0 Å². The summed E-state index contributed by atoms with van der Waals surface area (Å²) in [7, 11) is 0. The van der Waals surface area contributed by atoms with Crippen LogP contribution in [0.5, 0.6) is 0 Å². The number of hydrogen-bond acceptors (Lipinski definition) is 3.